The molecule has 0 fully saturated rings. The summed E-state index contributed by atoms with van der Waals surface area (Å²) in [6.07, 6.45) is -5.05. The van der Waals surface area contributed by atoms with Gasteiger partial charge in [-0.1, -0.05) is 12.1 Å². The minimum Gasteiger partial charge on any atom is -0.508 e. The minimum atomic E-state index is -1.50. The van der Waals surface area contributed by atoms with E-state index in [0.717, 1.165) is 6.07 Å². The molecule has 0 spiro atoms. The number of methoxy groups -OCH3 is 2. The van der Waals surface area contributed by atoms with E-state index in [9.17, 15) is 40.9 Å². The lowest BCUT2D eigenvalue weighted by molar-refractivity contribution is 0.00115. The average molecular weight is 607 g/mol. The van der Waals surface area contributed by atoms with Crippen molar-refractivity contribution in [2.75, 3.05) is 14.2 Å². The Morgan fingerprint density at radius 3 is 2.00 bits per heavy atom. The largest absolute Gasteiger partial charge is 0.508 e. The van der Waals surface area contributed by atoms with Crippen LogP contribution in [0.5, 0.6) is 57.5 Å². The zero-order valence-electron chi connectivity index (χ0n) is 23.5. The summed E-state index contributed by atoms with van der Waals surface area (Å²) in [5.74, 6) is -2.83. The Balaban J connectivity index is 1.56. The average Bonchev–Trinajstić information content (AvgIpc) is 2.99. The van der Waals surface area contributed by atoms with Crippen molar-refractivity contribution in [1.82, 2.24) is 0 Å². The van der Waals surface area contributed by atoms with Crippen LogP contribution < -0.4 is 18.9 Å². The summed E-state index contributed by atoms with van der Waals surface area (Å²) >= 11 is 0. The molecule has 0 bridgehead atoms. The van der Waals surface area contributed by atoms with Gasteiger partial charge in [-0.15, -0.1) is 0 Å². The molecule has 0 aromatic heterocycles. The van der Waals surface area contributed by atoms with Crippen molar-refractivity contribution in [3.05, 3.63) is 82.4 Å². The van der Waals surface area contributed by atoms with Crippen molar-refractivity contribution in [2.24, 2.45) is 0 Å². The van der Waals surface area contributed by atoms with Crippen molar-refractivity contribution in [3.63, 3.8) is 0 Å². The molecule has 230 valence electrons. The van der Waals surface area contributed by atoms with Crippen LogP contribution in [0.2, 0.25) is 0 Å². The van der Waals surface area contributed by atoms with Crippen molar-refractivity contribution < 1.29 is 59.8 Å². The highest BCUT2D eigenvalue weighted by atomic mass is 16.5. The van der Waals surface area contributed by atoms with Gasteiger partial charge in [0.15, 0.2) is 29.1 Å². The molecule has 1 unspecified atom stereocenters. The van der Waals surface area contributed by atoms with E-state index in [1.54, 1.807) is 6.07 Å². The third-order valence-corrected chi connectivity index (χ3v) is 8.08. The smallest absolute Gasteiger partial charge is 0.160 e. The molecule has 0 saturated carbocycles. The number of fused-ring (bicyclic) bond motifs is 2. The topological polar surface area (TPSA) is 199 Å². The van der Waals surface area contributed by atoms with Crippen molar-refractivity contribution >= 4 is 0 Å². The van der Waals surface area contributed by atoms with Gasteiger partial charge in [-0.3, -0.25) is 0 Å². The van der Waals surface area contributed by atoms with E-state index in [-0.39, 0.29) is 74.7 Å². The number of ether oxygens (including phenoxy) is 4. The van der Waals surface area contributed by atoms with Gasteiger partial charge in [0.05, 0.1) is 26.2 Å². The van der Waals surface area contributed by atoms with Gasteiger partial charge in [0, 0.05) is 41.3 Å². The molecule has 4 aromatic carbocycles. The standard InChI is InChI=1S/C32H30O12/c1-41-23-6-4-13(8-20(23)37)30-22(39)11-16-18(35)12-21(38)26(32(16)44-30)28-27-24(42-2)9-15(33)10-25(27)43-31(29(28)40)14-3-5-17(34)19(36)7-14/h3-10,12,22,28-31,33-40H,11H2,1-2H3/t22-,28?,29+,30+,31+/m0/s1. The maximum Gasteiger partial charge on any atom is 0.160 e. The third kappa shape index (κ3) is 4.64. The molecule has 5 atom stereocenters. The van der Waals surface area contributed by atoms with Crippen LogP contribution in [0.1, 0.15) is 45.9 Å². The summed E-state index contributed by atoms with van der Waals surface area (Å²) in [7, 11) is 2.75. The highest BCUT2D eigenvalue weighted by molar-refractivity contribution is 5.66. The highest BCUT2D eigenvalue weighted by Crippen LogP contribution is 2.57. The SMILES string of the molecule is COc1ccc([C@H]2Oc3c(c(O)cc(O)c3C3c4c(OC)cc(O)cc4O[C@H](c4ccc(O)c(O)c4)[C@@H]3O)C[C@@H]2O)cc1O. The quantitative estimate of drug-likeness (QED) is 0.154. The van der Waals surface area contributed by atoms with Gasteiger partial charge in [0.25, 0.3) is 0 Å². The molecule has 0 amide bonds. The van der Waals surface area contributed by atoms with Gasteiger partial charge < -0.3 is 59.8 Å². The van der Waals surface area contributed by atoms with Crippen LogP contribution in [0, 0.1) is 0 Å². The Kier molecular flexibility index (Phi) is 7.10. The number of aromatic hydroxyl groups is 6. The fourth-order valence-corrected chi connectivity index (χ4v) is 6.03. The molecule has 2 aliphatic rings. The van der Waals surface area contributed by atoms with Crippen LogP contribution in [-0.4, -0.2) is 67.3 Å². The molecule has 6 rings (SSSR count). The molecule has 12 nitrogen and oxygen atoms in total. The number of phenolic OH excluding ortho intramolecular Hbond substituents is 6. The maximum absolute atomic E-state index is 11.9. The van der Waals surface area contributed by atoms with Crippen LogP contribution in [0.15, 0.2) is 54.6 Å². The van der Waals surface area contributed by atoms with Crippen molar-refractivity contribution in [3.8, 4) is 57.5 Å². The lowest BCUT2D eigenvalue weighted by atomic mass is 9.77. The van der Waals surface area contributed by atoms with Crippen LogP contribution in [0.25, 0.3) is 0 Å². The summed E-state index contributed by atoms with van der Waals surface area (Å²) < 4.78 is 23.1. The summed E-state index contributed by atoms with van der Waals surface area (Å²) in [6.45, 7) is 0. The van der Waals surface area contributed by atoms with E-state index in [1.807, 2.05) is 0 Å². The molecular formula is C32H30O12. The Morgan fingerprint density at radius 1 is 0.636 bits per heavy atom. The van der Waals surface area contributed by atoms with Crippen molar-refractivity contribution in [2.45, 2.75) is 36.8 Å². The summed E-state index contributed by atoms with van der Waals surface area (Å²) in [6, 6.07) is 12.1. The predicted octanol–water partition coefficient (Wildman–Crippen LogP) is 3.60. The second kappa shape index (κ2) is 10.8. The lowest BCUT2D eigenvalue weighted by Gasteiger charge is -2.40. The van der Waals surface area contributed by atoms with Crippen LogP contribution in [0.4, 0.5) is 0 Å². The van der Waals surface area contributed by atoms with E-state index in [2.05, 4.69) is 0 Å². The second-order valence-electron chi connectivity index (χ2n) is 10.7. The van der Waals surface area contributed by atoms with Crippen LogP contribution in [-0.2, 0) is 6.42 Å². The number of benzene rings is 4. The maximum atomic E-state index is 11.9. The normalized spacial score (nSPS) is 22.2. The monoisotopic (exact) mass is 606 g/mol. The Bertz CT molecular complexity index is 1750. The van der Waals surface area contributed by atoms with Gasteiger partial charge in [-0.05, 0) is 35.4 Å². The fourth-order valence-electron chi connectivity index (χ4n) is 6.03. The number of aliphatic hydroxyl groups is 2. The lowest BCUT2D eigenvalue weighted by Crippen LogP contribution is -2.37. The number of hydrogen-bond acceptors (Lipinski definition) is 12. The Labute approximate surface area is 250 Å². The molecular weight excluding hydrogens is 576 g/mol. The van der Waals surface area contributed by atoms with Gasteiger partial charge in [0.2, 0.25) is 0 Å². The summed E-state index contributed by atoms with van der Waals surface area (Å²) in [4.78, 5) is 0. The van der Waals surface area contributed by atoms with E-state index in [1.165, 1.54) is 56.7 Å². The molecule has 8 N–H and O–H groups in total. The van der Waals surface area contributed by atoms with Crippen LogP contribution in [0.3, 0.4) is 0 Å². The number of rotatable bonds is 5. The molecule has 44 heavy (non-hydrogen) atoms. The zero-order valence-corrected chi connectivity index (χ0v) is 23.5. The van der Waals surface area contributed by atoms with Crippen molar-refractivity contribution in [1.29, 1.82) is 0 Å². The van der Waals surface area contributed by atoms with Gasteiger partial charge >= 0.3 is 0 Å². The fraction of sp³-hybridized carbons (Fsp3) is 0.250. The zero-order chi connectivity index (χ0) is 31.4. The first-order valence-corrected chi connectivity index (χ1v) is 13.6. The summed E-state index contributed by atoms with van der Waals surface area (Å²) in [5, 5.41) is 86.1. The van der Waals surface area contributed by atoms with E-state index in [4.69, 9.17) is 18.9 Å². The Morgan fingerprint density at radius 2 is 1.32 bits per heavy atom. The molecule has 4 aromatic rings. The first-order chi connectivity index (χ1) is 21.0. The molecule has 0 aliphatic carbocycles. The van der Waals surface area contributed by atoms with E-state index < -0.39 is 41.8 Å². The predicted molar refractivity (Wildman–Crippen MR) is 153 cm³/mol. The Hall–Kier alpha value is -5.20. The molecule has 2 heterocycles. The number of aliphatic hydroxyl groups excluding tert-OH is 2. The van der Waals surface area contributed by atoms with E-state index >= 15 is 0 Å². The second-order valence-corrected chi connectivity index (χ2v) is 10.7. The molecule has 12 heteroatoms. The number of phenols is 6. The van der Waals surface area contributed by atoms with Gasteiger partial charge in [-0.25, -0.2) is 0 Å². The third-order valence-electron chi connectivity index (χ3n) is 8.08. The first kappa shape index (κ1) is 28.9. The van der Waals surface area contributed by atoms with Gasteiger partial charge in [-0.2, -0.15) is 0 Å². The minimum absolute atomic E-state index is 0.0209. The summed E-state index contributed by atoms with van der Waals surface area (Å²) in [5.41, 5.74) is 1.08. The first-order valence-electron chi connectivity index (χ1n) is 13.6. The molecule has 2 aliphatic heterocycles. The van der Waals surface area contributed by atoms with E-state index in [0.29, 0.717) is 5.56 Å². The highest BCUT2D eigenvalue weighted by Gasteiger charge is 2.46. The molecule has 0 saturated heterocycles. The molecule has 0 radical (unpaired) electrons. The van der Waals surface area contributed by atoms with Gasteiger partial charge in [0.1, 0.15) is 46.7 Å². The number of hydrogen-bond donors (Lipinski definition) is 8. The van der Waals surface area contributed by atoms with Crippen LogP contribution >= 0.6 is 0 Å².